The molecule has 0 aliphatic heterocycles. The van der Waals surface area contributed by atoms with Crippen molar-refractivity contribution in [3.63, 3.8) is 0 Å². The number of halogens is 1. The van der Waals surface area contributed by atoms with Crippen LogP contribution in [-0.4, -0.2) is 19.1 Å². The summed E-state index contributed by atoms with van der Waals surface area (Å²) in [6, 6.07) is 13.4. The summed E-state index contributed by atoms with van der Waals surface area (Å²) in [5, 5.41) is 0. The first-order valence-corrected chi connectivity index (χ1v) is 7.22. The Morgan fingerprint density at radius 3 is 2.55 bits per heavy atom. The van der Waals surface area contributed by atoms with E-state index >= 15 is 0 Å². The summed E-state index contributed by atoms with van der Waals surface area (Å²) < 4.78 is 6.74. The van der Waals surface area contributed by atoms with Crippen LogP contribution in [0.3, 0.4) is 0 Å². The third-order valence-corrected chi connectivity index (χ3v) is 3.65. The second-order valence-corrected chi connectivity index (χ2v) is 5.77. The van der Waals surface area contributed by atoms with Crippen molar-refractivity contribution in [1.82, 2.24) is 0 Å². The highest BCUT2D eigenvalue weighted by atomic mass is 79.9. The zero-order valence-electron chi connectivity index (χ0n) is 11.3. The third-order valence-electron chi connectivity index (χ3n) is 2.78. The van der Waals surface area contributed by atoms with Crippen LogP contribution in [0.15, 0.2) is 46.9 Å². The van der Waals surface area contributed by atoms with Crippen molar-refractivity contribution in [1.29, 1.82) is 0 Å². The molecule has 0 bridgehead atoms. The van der Waals surface area contributed by atoms with E-state index < -0.39 is 0 Å². The van der Waals surface area contributed by atoms with Crippen molar-refractivity contribution in [3.8, 4) is 11.5 Å². The zero-order valence-corrected chi connectivity index (χ0v) is 13.7. The molecule has 0 aliphatic carbocycles. The predicted molar refractivity (Wildman–Crippen MR) is 90.9 cm³/mol. The van der Waals surface area contributed by atoms with Crippen molar-refractivity contribution >= 4 is 38.8 Å². The smallest absolute Gasteiger partial charge is 0.138 e. The largest absolute Gasteiger partial charge is 0.457 e. The molecule has 104 valence electrons. The first kappa shape index (κ1) is 14.8. The molecule has 5 heteroatoms. The van der Waals surface area contributed by atoms with E-state index in [1.807, 2.05) is 61.5 Å². The number of anilines is 1. The molecule has 3 nitrogen and oxygen atoms in total. The van der Waals surface area contributed by atoms with Gasteiger partial charge in [-0.1, -0.05) is 24.4 Å². The molecule has 0 amide bonds. The molecule has 20 heavy (non-hydrogen) atoms. The molecule has 0 spiro atoms. The Hall–Kier alpha value is -1.59. The fourth-order valence-corrected chi connectivity index (χ4v) is 2.68. The van der Waals surface area contributed by atoms with E-state index in [1.54, 1.807) is 0 Å². The number of ether oxygens (including phenoxy) is 1. The Morgan fingerprint density at radius 2 is 1.90 bits per heavy atom. The van der Waals surface area contributed by atoms with Gasteiger partial charge in [0.05, 0.1) is 5.56 Å². The third kappa shape index (κ3) is 3.29. The van der Waals surface area contributed by atoms with Gasteiger partial charge in [-0.25, -0.2) is 0 Å². The Morgan fingerprint density at radius 1 is 1.20 bits per heavy atom. The maximum atomic E-state index is 5.92. The number of thiocarbonyl (C=S) groups is 1. The van der Waals surface area contributed by atoms with Gasteiger partial charge in [0.25, 0.3) is 0 Å². The van der Waals surface area contributed by atoms with E-state index in [-0.39, 0.29) is 0 Å². The van der Waals surface area contributed by atoms with Crippen LogP contribution in [-0.2, 0) is 0 Å². The molecule has 0 unspecified atom stereocenters. The maximum Gasteiger partial charge on any atom is 0.138 e. The molecule has 0 atom stereocenters. The van der Waals surface area contributed by atoms with Gasteiger partial charge in [-0.15, -0.1) is 0 Å². The van der Waals surface area contributed by atoms with Crippen molar-refractivity contribution in [2.45, 2.75) is 0 Å². The Labute approximate surface area is 132 Å². The summed E-state index contributed by atoms with van der Waals surface area (Å²) in [7, 11) is 3.97. The van der Waals surface area contributed by atoms with Gasteiger partial charge in [0.1, 0.15) is 16.5 Å². The number of nitrogens with zero attached hydrogens (tertiary/aromatic N) is 1. The minimum absolute atomic E-state index is 0.302. The fourth-order valence-electron chi connectivity index (χ4n) is 1.78. The number of hydrogen-bond donors (Lipinski definition) is 1. The van der Waals surface area contributed by atoms with Crippen molar-refractivity contribution in [3.05, 3.63) is 52.5 Å². The summed E-state index contributed by atoms with van der Waals surface area (Å²) in [6.07, 6.45) is 0. The van der Waals surface area contributed by atoms with Crippen LogP contribution in [0.25, 0.3) is 0 Å². The van der Waals surface area contributed by atoms with Crippen molar-refractivity contribution < 1.29 is 4.74 Å². The van der Waals surface area contributed by atoms with Gasteiger partial charge in [0.2, 0.25) is 0 Å². The van der Waals surface area contributed by atoms with Gasteiger partial charge >= 0.3 is 0 Å². The molecular formula is C15H15BrN2OS. The van der Waals surface area contributed by atoms with E-state index in [2.05, 4.69) is 15.9 Å². The van der Waals surface area contributed by atoms with Gasteiger partial charge < -0.3 is 15.4 Å². The minimum atomic E-state index is 0.302. The second-order valence-electron chi connectivity index (χ2n) is 4.47. The zero-order chi connectivity index (χ0) is 14.7. The van der Waals surface area contributed by atoms with Crippen LogP contribution in [0.5, 0.6) is 11.5 Å². The van der Waals surface area contributed by atoms with Crippen molar-refractivity contribution in [2.75, 3.05) is 19.0 Å². The molecule has 2 N–H and O–H groups in total. The lowest BCUT2D eigenvalue weighted by molar-refractivity contribution is 0.481. The normalized spacial score (nSPS) is 10.2. The second kappa shape index (κ2) is 6.24. The van der Waals surface area contributed by atoms with E-state index in [9.17, 15) is 0 Å². The van der Waals surface area contributed by atoms with Gasteiger partial charge in [-0.3, -0.25) is 0 Å². The van der Waals surface area contributed by atoms with E-state index in [1.165, 1.54) is 0 Å². The number of rotatable bonds is 4. The van der Waals surface area contributed by atoms with E-state index in [0.29, 0.717) is 16.3 Å². The Kier molecular flexibility index (Phi) is 4.62. The van der Waals surface area contributed by atoms with Crippen LogP contribution >= 0.6 is 28.1 Å². The van der Waals surface area contributed by atoms with E-state index in [4.69, 9.17) is 22.7 Å². The highest BCUT2D eigenvalue weighted by Crippen LogP contribution is 2.31. The summed E-state index contributed by atoms with van der Waals surface area (Å²) >= 11 is 8.52. The van der Waals surface area contributed by atoms with Crippen LogP contribution in [0.2, 0.25) is 0 Å². The molecule has 0 heterocycles. The van der Waals surface area contributed by atoms with Gasteiger partial charge in [0, 0.05) is 30.3 Å². The van der Waals surface area contributed by atoms with Crippen LogP contribution in [0.4, 0.5) is 5.69 Å². The lowest BCUT2D eigenvalue weighted by atomic mass is 10.2. The van der Waals surface area contributed by atoms with Crippen LogP contribution < -0.4 is 15.4 Å². The quantitative estimate of drug-likeness (QED) is 0.847. The van der Waals surface area contributed by atoms with Gasteiger partial charge in [-0.2, -0.15) is 0 Å². The molecule has 0 saturated heterocycles. The highest BCUT2D eigenvalue weighted by molar-refractivity contribution is 9.10. The molecule has 0 saturated carbocycles. The number of hydrogen-bond acceptors (Lipinski definition) is 3. The molecular weight excluding hydrogens is 336 g/mol. The van der Waals surface area contributed by atoms with Crippen LogP contribution in [0.1, 0.15) is 5.56 Å². The lowest BCUT2D eigenvalue weighted by Gasteiger charge is -2.15. The molecule has 0 aromatic heterocycles. The Balaban J connectivity index is 2.38. The summed E-state index contributed by atoms with van der Waals surface area (Å²) in [5.41, 5.74) is 7.53. The molecule has 2 aromatic carbocycles. The average Bonchev–Trinajstić information content (AvgIpc) is 2.38. The SMILES string of the molecule is CN(C)c1cccc(Oc2cccc(Br)c2C(N)=S)c1. The van der Waals surface area contributed by atoms with Crippen molar-refractivity contribution in [2.24, 2.45) is 5.73 Å². The molecule has 2 aromatic rings. The summed E-state index contributed by atoms with van der Waals surface area (Å²) in [4.78, 5) is 2.32. The topological polar surface area (TPSA) is 38.5 Å². The first-order valence-electron chi connectivity index (χ1n) is 6.02. The Bertz CT molecular complexity index is 644. The van der Waals surface area contributed by atoms with Gasteiger partial charge in [-0.05, 0) is 40.2 Å². The monoisotopic (exact) mass is 350 g/mol. The highest BCUT2D eigenvalue weighted by Gasteiger charge is 2.11. The van der Waals surface area contributed by atoms with Crippen LogP contribution in [0, 0.1) is 0 Å². The standard InChI is InChI=1S/C15H15BrN2OS/c1-18(2)10-5-3-6-11(9-10)19-13-8-4-7-12(16)14(13)15(17)20/h3-9H,1-2H3,(H2,17,20). The lowest BCUT2D eigenvalue weighted by Crippen LogP contribution is -2.12. The summed E-state index contributed by atoms with van der Waals surface area (Å²) in [5.74, 6) is 1.38. The maximum absolute atomic E-state index is 5.92. The average molecular weight is 351 g/mol. The number of benzene rings is 2. The first-order chi connectivity index (χ1) is 9.49. The number of nitrogens with two attached hydrogens (primary N) is 1. The fraction of sp³-hybridized carbons (Fsp3) is 0.133. The van der Waals surface area contributed by atoms with Gasteiger partial charge in [0.15, 0.2) is 0 Å². The molecule has 0 aliphatic rings. The molecule has 0 fully saturated rings. The molecule has 0 radical (unpaired) electrons. The molecule has 2 rings (SSSR count). The predicted octanol–water partition coefficient (Wildman–Crippen LogP) is 3.94. The summed E-state index contributed by atoms with van der Waals surface area (Å²) in [6.45, 7) is 0. The van der Waals surface area contributed by atoms with E-state index in [0.717, 1.165) is 15.9 Å². The minimum Gasteiger partial charge on any atom is -0.457 e.